The van der Waals surface area contributed by atoms with Gasteiger partial charge in [0.05, 0.1) is 0 Å². The summed E-state index contributed by atoms with van der Waals surface area (Å²) in [7, 11) is 0. The van der Waals surface area contributed by atoms with Crippen molar-refractivity contribution in [2.24, 2.45) is 0 Å². The van der Waals surface area contributed by atoms with Crippen LogP contribution in [0.15, 0.2) is 52.2 Å². The number of hydrogen-bond donors (Lipinski definition) is 4. The van der Waals surface area contributed by atoms with Gasteiger partial charge in [0.25, 0.3) is 10.9 Å². The van der Waals surface area contributed by atoms with Crippen molar-refractivity contribution in [3.63, 3.8) is 0 Å². The highest BCUT2D eigenvalue weighted by atomic mass is 16.2. The Morgan fingerprint density at radius 1 is 1.00 bits per heavy atom. The fourth-order valence-electron chi connectivity index (χ4n) is 2.72. The Bertz CT molecular complexity index is 1110. The molecule has 0 atom stereocenters. The van der Waals surface area contributed by atoms with E-state index in [2.05, 4.69) is 25.9 Å². The van der Waals surface area contributed by atoms with Gasteiger partial charge in [0.2, 0.25) is 5.95 Å². The van der Waals surface area contributed by atoms with E-state index in [1.165, 1.54) is 0 Å². The molecule has 4 N–H and O–H groups in total. The van der Waals surface area contributed by atoms with Gasteiger partial charge in [-0.25, -0.2) is 4.98 Å². The van der Waals surface area contributed by atoms with Crippen molar-refractivity contribution in [3.05, 3.63) is 68.6 Å². The summed E-state index contributed by atoms with van der Waals surface area (Å²) in [5.41, 5.74) is 0.841. The predicted octanol–water partition coefficient (Wildman–Crippen LogP) is 3.17. The molecular weight excluding hydrogens is 382 g/mol. The smallest absolute Gasteiger partial charge is 0.253 e. The van der Waals surface area contributed by atoms with Gasteiger partial charge in [0.15, 0.2) is 0 Å². The van der Waals surface area contributed by atoms with E-state index in [1.807, 2.05) is 57.2 Å². The molecule has 0 spiro atoms. The van der Waals surface area contributed by atoms with Crippen LogP contribution in [0.2, 0.25) is 0 Å². The fraction of sp³-hybridized carbons (Fsp3) is 0.273. The van der Waals surface area contributed by atoms with E-state index in [0.717, 1.165) is 11.3 Å². The normalized spacial score (nSPS) is 11.7. The number of hydrogen-bond acceptors (Lipinski definition) is 8. The van der Waals surface area contributed by atoms with E-state index < -0.39 is 10.9 Å². The SMILES string of the molecule is CC(C)(C)Nc1c(Nc2ccnc(Nc3ccc(C=CCCO)cc3)n2)c(=O)c1=O. The first-order chi connectivity index (χ1) is 14.3. The zero-order valence-corrected chi connectivity index (χ0v) is 17.2. The molecule has 0 aliphatic rings. The molecule has 8 heteroatoms. The lowest BCUT2D eigenvalue weighted by Crippen LogP contribution is -2.41. The van der Waals surface area contributed by atoms with Crippen molar-refractivity contribution in [1.82, 2.24) is 9.97 Å². The van der Waals surface area contributed by atoms with Gasteiger partial charge in [-0.15, -0.1) is 0 Å². The van der Waals surface area contributed by atoms with E-state index in [0.29, 0.717) is 18.2 Å². The van der Waals surface area contributed by atoms with E-state index in [1.54, 1.807) is 12.3 Å². The summed E-state index contributed by atoms with van der Waals surface area (Å²) in [5.74, 6) is 0.757. The molecule has 8 nitrogen and oxygen atoms in total. The molecule has 156 valence electrons. The van der Waals surface area contributed by atoms with Crippen LogP contribution in [0.1, 0.15) is 32.8 Å². The minimum atomic E-state index is -0.570. The van der Waals surface area contributed by atoms with Crippen LogP contribution in [0, 0.1) is 0 Å². The highest BCUT2D eigenvalue weighted by Gasteiger charge is 2.25. The van der Waals surface area contributed by atoms with Crippen molar-refractivity contribution >= 4 is 34.9 Å². The molecule has 0 amide bonds. The van der Waals surface area contributed by atoms with Crippen LogP contribution >= 0.6 is 0 Å². The Morgan fingerprint density at radius 3 is 2.37 bits per heavy atom. The minimum absolute atomic E-state index is 0.127. The Hall–Kier alpha value is -3.52. The van der Waals surface area contributed by atoms with Crippen molar-refractivity contribution in [2.45, 2.75) is 32.7 Å². The fourth-order valence-corrected chi connectivity index (χ4v) is 2.72. The number of anilines is 5. The first-order valence-electron chi connectivity index (χ1n) is 9.63. The van der Waals surface area contributed by atoms with E-state index in [4.69, 9.17) is 5.11 Å². The quantitative estimate of drug-likeness (QED) is 0.421. The third-order valence-corrected chi connectivity index (χ3v) is 4.09. The lowest BCUT2D eigenvalue weighted by molar-refractivity contribution is 0.303. The first kappa shape index (κ1) is 21.2. The molecule has 0 fully saturated rings. The Kier molecular flexibility index (Phi) is 6.27. The highest BCUT2D eigenvalue weighted by Crippen LogP contribution is 2.23. The maximum atomic E-state index is 12.0. The maximum absolute atomic E-state index is 12.0. The standard InChI is InChI=1S/C22H25N5O3/c1-22(2,3)27-18-17(19(29)20(18)30)25-16-11-12-23-21(26-16)24-15-9-7-14(8-10-15)6-4-5-13-28/h4,6-12,27-28H,5,13H2,1-3H3,(H2,23,24,25,26). The minimum Gasteiger partial charge on any atom is -0.396 e. The molecule has 0 aliphatic heterocycles. The number of aliphatic hydroxyl groups excluding tert-OH is 1. The van der Waals surface area contributed by atoms with E-state index in [-0.39, 0.29) is 23.5 Å². The molecule has 0 unspecified atom stereocenters. The van der Waals surface area contributed by atoms with Crippen LogP contribution < -0.4 is 26.8 Å². The van der Waals surface area contributed by atoms with Crippen molar-refractivity contribution in [3.8, 4) is 0 Å². The molecule has 0 radical (unpaired) electrons. The lowest BCUT2D eigenvalue weighted by Gasteiger charge is -2.24. The number of aromatic nitrogens is 2. The van der Waals surface area contributed by atoms with Gasteiger partial charge < -0.3 is 21.1 Å². The highest BCUT2D eigenvalue weighted by molar-refractivity contribution is 5.78. The number of rotatable bonds is 8. The monoisotopic (exact) mass is 407 g/mol. The number of nitrogens with one attached hydrogen (secondary N) is 3. The van der Waals surface area contributed by atoms with E-state index in [9.17, 15) is 9.59 Å². The molecule has 3 aromatic rings. The first-order valence-corrected chi connectivity index (χ1v) is 9.63. The summed E-state index contributed by atoms with van der Waals surface area (Å²) in [6, 6.07) is 9.28. The molecular formula is C22H25N5O3. The molecule has 0 bridgehead atoms. The van der Waals surface area contributed by atoms with Gasteiger partial charge in [-0.1, -0.05) is 24.3 Å². The molecule has 0 aliphatic carbocycles. The molecule has 30 heavy (non-hydrogen) atoms. The number of benzene rings is 1. The van der Waals surface area contributed by atoms with Crippen LogP contribution in [-0.4, -0.2) is 27.2 Å². The molecule has 0 saturated heterocycles. The largest absolute Gasteiger partial charge is 0.396 e. The summed E-state index contributed by atoms with van der Waals surface area (Å²) in [6.45, 7) is 5.86. The zero-order valence-electron chi connectivity index (χ0n) is 17.2. The van der Waals surface area contributed by atoms with Crippen molar-refractivity contribution < 1.29 is 5.11 Å². The Morgan fingerprint density at radius 2 is 1.70 bits per heavy atom. The summed E-state index contributed by atoms with van der Waals surface area (Å²) in [5, 5.41) is 17.9. The predicted molar refractivity (Wildman–Crippen MR) is 121 cm³/mol. The topological polar surface area (TPSA) is 116 Å². The van der Waals surface area contributed by atoms with Crippen LogP contribution in [0.4, 0.5) is 28.8 Å². The van der Waals surface area contributed by atoms with Crippen LogP contribution in [0.3, 0.4) is 0 Å². The molecule has 3 rings (SSSR count). The maximum Gasteiger partial charge on any atom is 0.253 e. The molecule has 2 aromatic carbocycles. The van der Waals surface area contributed by atoms with Crippen LogP contribution in [-0.2, 0) is 0 Å². The molecule has 1 aromatic heterocycles. The third-order valence-electron chi connectivity index (χ3n) is 4.09. The summed E-state index contributed by atoms with van der Waals surface area (Å²) >= 11 is 0. The Labute approximate surface area is 174 Å². The van der Waals surface area contributed by atoms with Gasteiger partial charge in [0.1, 0.15) is 17.2 Å². The summed E-state index contributed by atoms with van der Waals surface area (Å²) < 4.78 is 0. The van der Waals surface area contributed by atoms with E-state index >= 15 is 0 Å². The van der Waals surface area contributed by atoms with Crippen molar-refractivity contribution in [1.29, 1.82) is 0 Å². The van der Waals surface area contributed by atoms with Crippen molar-refractivity contribution in [2.75, 3.05) is 22.6 Å². The second-order valence-corrected chi connectivity index (χ2v) is 7.84. The molecule has 1 heterocycles. The summed E-state index contributed by atoms with van der Waals surface area (Å²) in [6.07, 6.45) is 6.02. The van der Waals surface area contributed by atoms with Gasteiger partial charge in [-0.3, -0.25) is 9.59 Å². The third kappa shape index (κ3) is 5.30. The molecule has 0 saturated carbocycles. The Balaban J connectivity index is 1.71. The van der Waals surface area contributed by atoms with Gasteiger partial charge in [0, 0.05) is 24.0 Å². The second kappa shape index (κ2) is 8.87. The average Bonchev–Trinajstić information content (AvgIpc) is 2.71. The average molecular weight is 407 g/mol. The van der Waals surface area contributed by atoms with Gasteiger partial charge in [-0.05, 0) is 51.0 Å². The van der Waals surface area contributed by atoms with Crippen LogP contribution in [0.5, 0.6) is 0 Å². The summed E-state index contributed by atoms with van der Waals surface area (Å²) in [4.78, 5) is 32.4. The zero-order chi connectivity index (χ0) is 21.7. The number of aliphatic hydroxyl groups is 1. The van der Waals surface area contributed by atoms with Gasteiger partial charge >= 0.3 is 0 Å². The van der Waals surface area contributed by atoms with Gasteiger partial charge in [-0.2, -0.15) is 4.98 Å². The number of nitrogens with zero attached hydrogens (tertiary/aromatic N) is 2. The second-order valence-electron chi connectivity index (χ2n) is 7.84. The lowest BCUT2D eigenvalue weighted by atomic mass is 10.1. The van der Waals surface area contributed by atoms with Crippen LogP contribution in [0.25, 0.3) is 6.08 Å².